The van der Waals surface area contributed by atoms with Crippen LogP contribution in [-0.4, -0.2) is 32.2 Å². The summed E-state index contributed by atoms with van der Waals surface area (Å²) < 4.78 is 11.2. The van der Waals surface area contributed by atoms with Crippen LogP contribution in [0.5, 0.6) is 11.5 Å². The first-order valence-corrected chi connectivity index (χ1v) is 10.3. The molecule has 0 spiro atoms. The molecule has 3 rings (SSSR count). The molecule has 0 aliphatic carbocycles. The minimum absolute atomic E-state index is 0.161. The first-order valence-electron chi connectivity index (χ1n) is 10.3. The summed E-state index contributed by atoms with van der Waals surface area (Å²) in [5, 5.41) is 2.97. The molecule has 1 heterocycles. The molecule has 0 aromatic heterocycles. The lowest BCUT2D eigenvalue weighted by atomic mass is 10.1. The number of rotatable bonds is 7. The molecule has 0 radical (unpaired) electrons. The predicted octanol–water partition coefficient (Wildman–Crippen LogP) is 5.12. The van der Waals surface area contributed by atoms with Gasteiger partial charge in [-0.1, -0.05) is 12.8 Å². The van der Waals surface area contributed by atoms with Crippen molar-refractivity contribution < 1.29 is 14.3 Å². The Morgan fingerprint density at radius 1 is 0.893 bits per heavy atom. The third-order valence-electron chi connectivity index (χ3n) is 4.90. The number of carbonyl (C=O) groups excluding carboxylic acids is 1. The predicted molar refractivity (Wildman–Crippen MR) is 114 cm³/mol. The van der Waals surface area contributed by atoms with Crippen molar-refractivity contribution in [2.45, 2.75) is 39.5 Å². The first-order chi connectivity index (χ1) is 13.7. The van der Waals surface area contributed by atoms with E-state index in [2.05, 4.69) is 22.3 Å². The summed E-state index contributed by atoms with van der Waals surface area (Å²) in [6.07, 6.45) is 5.13. The second kappa shape index (κ2) is 10.0. The highest BCUT2D eigenvalue weighted by Gasteiger charge is 2.13. The van der Waals surface area contributed by atoms with Crippen molar-refractivity contribution in [2.75, 3.05) is 36.5 Å². The van der Waals surface area contributed by atoms with Crippen LogP contribution in [0.4, 0.5) is 11.4 Å². The van der Waals surface area contributed by atoms with E-state index in [4.69, 9.17) is 9.47 Å². The number of carbonyl (C=O) groups is 1. The van der Waals surface area contributed by atoms with Crippen LogP contribution >= 0.6 is 0 Å². The molecular weight excluding hydrogens is 352 g/mol. The van der Waals surface area contributed by atoms with Crippen molar-refractivity contribution in [1.29, 1.82) is 0 Å². The number of anilines is 2. The zero-order valence-corrected chi connectivity index (χ0v) is 16.9. The van der Waals surface area contributed by atoms with Crippen molar-refractivity contribution >= 4 is 17.3 Å². The summed E-state index contributed by atoms with van der Waals surface area (Å²) in [5.74, 6) is 1.09. The van der Waals surface area contributed by atoms with Gasteiger partial charge in [0.05, 0.1) is 13.2 Å². The van der Waals surface area contributed by atoms with Crippen molar-refractivity contribution in [2.24, 2.45) is 0 Å². The highest BCUT2D eigenvalue weighted by atomic mass is 16.5. The van der Waals surface area contributed by atoms with E-state index in [9.17, 15) is 4.79 Å². The number of hydrogen-bond donors (Lipinski definition) is 1. The molecule has 150 valence electrons. The first kappa shape index (κ1) is 20.1. The van der Waals surface area contributed by atoms with E-state index in [-0.39, 0.29) is 5.91 Å². The number of benzene rings is 2. The smallest absolute Gasteiger partial charge is 0.255 e. The molecule has 2 aromatic carbocycles. The Morgan fingerprint density at radius 3 is 2.18 bits per heavy atom. The molecule has 1 saturated heterocycles. The fraction of sp³-hybridized carbons (Fsp3) is 0.435. The van der Waals surface area contributed by atoms with Crippen molar-refractivity contribution in [3.05, 3.63) is 48.0 Å². The molecule has 5 nitrogen and oxygen atoms in total. The Hall–Kier alpha value is -2.69. The Kier molecular flexibility index (Phi) is 7.18. The van der Waals surface area contributed by atoms with Gasteiger partial charge in [-0.15, -0.1) is 0 Å². The van der Waals surface area contributed by atoms with E-state index in [0.717, 1.165) is 18.8 Å². The van der Waals surface area contributed by atoms with Gasteiger partial charge < -0.3 is 19.7 Å². The van der Waals surface area contributed by atoms with Gasteiger partial charge >= 0.3 is 0 Å². The zero-order valence-electron chi connectivity index (χ0n) is 16.9. The van der Waals surface area contributed by atoms with E-state index in [1.807, 2.05) is 26.0 Å². The van der Waals surface area contributed by atoms with E-state index in [1.165, 1.54) is 31.4 Å². The summed E-state index contributed by atoms with van der Waals surface area (Å²) in [7, 11) is 0. The molecule has 1 aliphatic heterocycles. The van der Waals surface area contributed by atoms with Gasteiger partial charge in [0.25, 0.3) is 5.91 Å². The number of hydrogen-bond acceptors (Lipinski definition) is 4. The van der Waals surface area contributed by atoms with Crippen molar-refractivity contribution in [1.82, 2.24) is 0 Å². The highest BCUT2D eigenvalue weighted by molar-refractivity contribution is 6.04. The van der Waals surface area contributed by atoms with Gasteiger partial charge in [-0.05, 0) is 69.2 Å². The lowest BCUT2D eigenvalue weighted by Gasteiger charge is -2.22. The maximum atomic E-state index is 12.7. The van der Waals surface area contributed by atoms with Crippen LogP contribution in [0.1, 0.15) is 49.9 Å². The minimum Gasteiger partial charge on any atom is -0.490 e. The van der Waals surface area contributed by atoms with Crippen molar-refractivity contribution in [3.63, 3.8) is 0 Å². The summed E-state index contributed by atoms with van der Waals surface area (Å²) in [4.78, 5) is 15.1. The van der Waals surface area contributed by atoms with Gasteiger partial charge in [-0.3, -0.25) is 4.79 Å². The maximum Gasteiger partial charge on any atom is 0.255 e. The van der Waals surface area contributed by atoms with Gasteiger partial charge in [0.2, 0.25) is 0 Å². The summed E-state index contributed by atoms with van der Waals surface area (Å²) >= 11 is 0. The third kappa shape index (κ3) is 5.18. The molecule has 0 bridgehead atoms. The quantitative estimate of drug-likeness (QED) is 0.722. The average molecular weight is 383 g/mol. The van der Waals surface area contributed by atoms with Gasteiger partial charge in [-0.2, -0.15) is 0 Å². The van der Waals surface area contributed by atoms with Crippen LogP contribution in [0.25, 0.3) is 0 Å². The Labute approximate surface area is 167 Å². The summed E-state index contributed by atoms with van der Waals surface area (Å²) in [5.41, 5.74) is 2.55. The molecule has 2 aromatic rings. The summed E-state index contributed by atoms with van der Waals surface area (Å²) in [6, 6.07) is 13.4. The largest absolute Gasteiger partial charge is 0.490 e. The fourth-order valence-corrected chi connectivity index (χ4v) is 3.48. The molecule has 1 aliphatic rings. The van der Waals surface area contributed by atoms with E-state index in [1.54, 1.807) is 18.2 Å². The van der Waals surface area contributed by atoms with Crippen LogP contribution in [0.3, 0.4) is 0 Å². The van der Waals surface area contributed by atoms with Crippen LogP contribution in [-0.2, 0) is 0 Å². The van der Waals surface area contributed by atoms with E-state index >= 15 is 0 Å². The second-order valence-electron chi connectivity index (χ2n) is 6.93. The molecule has 0 saturated carbocycles. The zero-order chi connectivity index (χ0) is 19.8. The standard InChI is InChI=1S/C23H30N2O3/c1-3-27-21-14-9-18(17-22(21)28-4-2)23(26)24-19-10-12-20(13-11-19)25-15-7-5-6-8-16-25/h9-14,17H,3-8,15-16H2,1-2H3,(H,24,26). The van der Waals surface area contributed by atoms with Crippen molar-refractivity contribution in [3.8, 4) is 11.5 Å². The number of amides is 1. The Morgan fingerprint density at radius 2 is 1.54 bits per heavy atom. The average Bonchev–Trinajstić information content (AvgIpc) is 3.00. The number of ether oxygens (including phenoxy) is 2. The Balaban J connectivity index is 1.67. The molecular formula is C23H30N2O3. The third-order valence-corrected chi connectivity index (χ3v) is 4.90. The van der Waals surface area contributed by atoms with Gasteiger partial charge in [0.1, 0.15) is 0 Å². The molecule has 1 fully saturated rings. The highest BCUT2D eigenvalue weighted by Crippen LogP contribution is 2.29. The van der Waals surface area contributed by atoms with Crippen LogP contribution in [0, 0.1) is 0 Å². The summed E-state index contributed by atoms with van der Waals surface area (Å²) in [6.45, 7) is 7.12. The molecule has 0 unspecified atom stereocenters. The van der Waals surface area contributed by atoms with Gasteiger partial charge in [0, 0.05) is 30.0 Å². The lowest BCUT2D eigenvalue weighted by Crippen LogP contribution is -2.23. The van der Waals surface area contributed by atoms with Gasteiger partial charge in [-0.25, -0.2) is 0 Å². The SMILES string of the molecule is CCOc1ccc(C(=O)Nc2ccc(N3CCCCCC3)cc2)cc1OCC. The molecule has 28 heavy (non-hydrogen) atoms. The lowest BCUT2D eigenvalue weighted by molar-refractivity contribution is 0.102. The normalized spacial score (nSPS) is 14.3. The van der Waals surface area contributed by atoms with Crippen LogP contribution in [0.2, 0.25) is 0 Å². The number of nitrogens with zero attached hydrogens (tertiary/aromatic N) is 1. The second-order valence-corrected chi connectivity index (χ2v) is 6.93. The molecule has 5 heteroatoms. The van der Waals surface area contributed by atoms with Crippen LogP contribution in [0.15, 0.2) is 42.5 Å². The molecule has 1 N–H and O–H groups in total. The van der Waals surface area contributed by atoms with E-state index < -0.39 is 0 Å². The molecule has 0 atom stereocenters. The monoisotopic (exact) mass is 382 g/mol. The molecule has 1 amide bonds. The topological polar surface area (TPSA) is 50.8 Å². The number of nitrogens with one attached hydrogen (secondary N) is 1. The minimum atomic E-state index is -0.161. The maximum absolute atomic E-state index is 12.7. The van der Waals surface area contributed by atoms with E-state index in [0.29, 0.717) is 30.3 Å². The van der Waals surface area contributed by atoms with Gasteiger partial charge in [0.15, 0.2) is 11.5 Å². The Bertz CT molecular complexity index is 766. The fourth-order valence-electron chi connectivity index (χ4n) is 3.48. The van der Waals surface area contributed by atoms with Crippen LogP contribution < -0.4 is 19.7 Å².